The van der Waals surface area contributed by atoms with Crippen molar-refractivity contribution in [1.29, 1.82) is 0 Å². The third-order valence-corrected chi connectivity index (χ3v) is 3.86. The Hall–Kier alpha value is -1.55. The summed E-state index contributed by atoms with van der Waals surface area (Å²) in [6.45, 7) is 9.26. The zero-order chi connectivity index (χ0) is 14.0. The lowest BCUT2D eigenvalue weighted by Crippen LogP contribution is -2.18. The number of hydrogen-bond donors (Lipinski definition) is 1. The molecule has 19 heavy (non-hydrogen) atoms. The molecule has 0 fully saturated rings. The summed E-state index contributed by atoms with van der Waals surface area (Å²) in [5, 5.41) is 13.0. The van der Waals surface area contributed by atoms with Crippen molar-refractivity contribution in [2.45, 2.75) is 33.1 Å². The predicted molar refractivity (Wildman–Crippen MR) is 81.6 cm³/mol. The van der Waals surface area contributed by atoms with Crippen LogP contribution < -0.4 is 4.90 Å². The summed E-state index contributed by atoms with van der Waals surface area (Å²) in [4.78, 5) is 6.51. The van der Waals surface area contributed by atoms with Crippen LogP contribution in [0.2, 0.25) is 0 Å². The number of anilines is 2. The quantitative estimate of drug-likeness (QED) is 0.907. The maximum Gasteiger partial charge on any atom is 0.189 e. The van der Waals surface area contributed by atoms with Gasteiger partial charge in [0, 0.05) is 29.4 Å². The lowest BCUT2D eigenvalue weighted by atomic mass is 9.86. The Bertz CT molecular complexity index is 544. The fraction of sp³-hybridized carbons (Fsp3) is 0.400. The average Bonchev–Trinajstić information content (AvgIpc) is 2.84. The molecule has 0 spiro atoms. The number of phenolic OH excluding ortho intramolecular Hbond substituents is 1. The number of rotatable bonds is 3. The van der Waals surface area contributed by atoms with Crippen LogP contribution in [0.1, 0.15) is 33.3 Å². The monoisotopic (exact) mass is 276 g/mol. The first-order chi connectivity index (χ1) is 8.93. The largest absolute Gasteiger partial charge is 0.508 e. The van der Waals surface area contributed by atoms with E-state index >= 15 is 0 Å². The Morgan fingerprint density at radius 1 is 1.32 bits per heavy atom. The van der Waals surface area contributed by atoms with Crippen LogP contribution in [-0.4, -0.2) is 16.6 Å². The van der Waals surface area contributed by atoms with Gasteiger partial charge in [0.05, 0.1) is 0 Å². The molecule has 1 N–H and O–H groups in total. The highest BCUT2D eigenvalue weighted by Gasteiger charge is 2.20. The Kier molecular flexibility index (Phi) is 3.80. The lowest BCUT2D eigenvalue weighted by Gasteiger charge is -2.25. The molecule has 1 aromatic carbocycles. The van der Waals surface area contributed by atoms with Gasteiger partial charge in [-0.1, -0.05) is 20.8 Å². The van der Waals surface area contributed by atoms with Crippen LogP contribution in [0.3, 0.4) is 0 Å². The van der Waals surface area contributed by atoms with Crippen molar-refractivity contribution >= 4 is 22.2 Å². The zero-order valence-corrected chi connectivity index (χ0v) is 12.7. The first-order valence-corrected chi connectivity index (χ1v) is 7.32. The number of aromatic nitrogens is 1. The highest BCUT2D eigenvalue weighted by atomic mass is 32.1. The van der Waals surface area contributed by atoms with Crippen molar-refractivity contribution in [2.24, 2.45) is 0 Å². The Morgan fingerprint density at radius 3 is 2.58 bits per heavy atom. The van der Waals surface area contributed by atoms with Gasteiger partial charge in [-0.2, -0.15) is 0 Å². The molecule has 0 amide bonds. The zero-order valence-electron chi connectivity index (χ0n) is 11.8. The van der Waals surface area contributed by atoms with Crippen molar-refractivity contribution in [1.82, 2.24) is 4.98 Å². The molecule has 1 heterocycles. The van der Waals surface area contributed by atoms with Gasteiger partial charge in [-0.15, -0.1) is 11.3 Å². The number of nitrogens with zero attached hydrogens (tertiary/aromatic N) is 2. The normalized spacial score (nSPS) is 11.6. The molecule has 2 aromatic rings. The van der Waals surface area contributed by atoms with Gasteiger partial charge in [-0.25, -0.2) is 4.98 Å². The van der Waals surface area contributed by atoms with Crippen LogP contribution >= 0.6 is 11.3 Å². The smallest absolute Gasteiger partial charge is 0.189 e. The number of phenols is 1. The molecule has 3 nitrogen and oxygen atoms in total. The van der Waals surface area contributed by atoms with Gasteiger partial charge in [-0.3, -0.25) is 0 Å². The SMILES string of the molecule is CCN(c1ccc(O)c(C(C)(C)C)c1)c1nccs1. The van der Waals surface area contributed by atoms with Crippen molar-refractivity contribution < 1.29 is 5.11 Å². The number of aromatic hydroxyl groups is 1. The summed E-state index contributed by atoms with van der Waals surface area (Å²) in [5.41, 5.74) is 1.95. The van der Waals surface area contributed by atoms with Crippen LogP contribution in [0.5, 0.6) is 5.75 Å². The van der Waals surface area contributed by atoms with Gasteiger partial charge in [-0.05, 0) is 30.5 Å². The van der Waals surface area contributed by atoms with E-state index in [1.807, 2.05) is 17.6 Å². The van der Waals surface area contributed by atoms with Gasteiger partial charge >= 0.3 is 0 Å². The molecule has 4 heteroatoms. The minimum Gasteiger partial charge on any atom is -0.508 e. The molecule has 0 unspecified atom stereocenters. The fourth-order valence-corrected chi connectivity index (χ4v) is 2.80. The van der Waals surface area contributed by atoms with Crippen molar-refractivity contribution in [2.75, 3.05) is 11.4 Å². The summed E-state index contributed by atoms with van der Waals surface area (Å²) in [6, 6.07) is 5.77. The third kappa shape index (κ3) is 2.89. The molecule has 0 atom stereocenters. The van der Waals surface area contributed by atoms with Gasteiger partial charge < -0.3 is 10.0 Å². The molecule has 0 bridgehead atoms. The summed E-state index contributed by atoms with van der Waals surface area (Å²) in [6.07, 6.45) is 1.81. The van der Waals surface area contributed by atoms with E-state index in [-0.39, 0.29) is 5.41 Å². The number of hydrogen-bond acceptors (Lipinski definition) is 4. The van der Waals surface area contributed by atoms with Crippen LogP contribution in [0.15, 0.2) is 29.8 Å². The molecule has 0 saturated heterocycles. The summed E-state index contributed by atoms with van der Waals surface area (Å²) in [7, 11) is 0. The fourth-order valence-electron chi connectivity index (χ4n) is 2.07. The standard InChI is InChI=1S/C15H20N2OS/c1-5-17(14-16-8-9-19-14)11-6-7-13(18)12(10-11)15(2,3)4/h6-10,18H,5H2,1-4H3. The summed E-state index contributed by atoms with van der Waals surface area (Å²) >= 11 is 1.62. The molecule has 102 valence electrons. The Labute approximate surface area is 118 Å². The van der Waals surface area contributed by atoms with Crippen LogP contribution in [0, 0.1) is 0 Å². The van der Waals surface area contributed by atoms with E-state index in [9.17, 15) is 5.11 Å². The molecule has 0 saturated carbocycles. The van der Waals surface area contributed by atoms with E-state index in [1.165, 1.54) is 0 Å². The molecule has 0 radical (unpaired) electrons. The Balaban J connectivity index is 2.45. The van der Waals surface area contributed by atoms with E-state index in [2.05, 4.69) is 43.6 Å². The lowest BCUT2D eigenvalue weighted by molar-refractivity contribution is 0.447. The highest BCUT2D eigenvalue weighted by molar-refractivity contribution is 7.13. The van der Waals surface area contributed by atoms with E-state index < -0.39 is 0 Å². The molecule has 2 rings (SSSR count). The van der Waals surface area contributed by atoms with Gasteiger partial charge in [0.15, 0.2) is 5.13 Å². The maximum absolute atomic E-state index is 10.0. The van der Waals surface area contributed by atoms with Gasteiger partial charge in [0.2, 0.25) is 0 Å². The van der Waals surface area contributed by atoms with Crippen molar-refractivity contribution in [3.05, 3.63) is 35.3 Å². The van der Waals surface area contributed by atoms with Crippen LogP contribution in [0.4, 0.5) is 10.8 Å². The number of benzene rings is 1. The van der Waals surface area contributed by atoms with E-state index in [1.54, 1.807) is 17.4 Å². The minimum atomic E-state index is -0.0810. The molecule has 0 aliphatic rings. The van der Waals surface area contributed by atoms with Crippen LogP contribution in [0.25, 0.3) is 0 Å². The second-order valence-electron chi connectivity index (χ2n) is 5.51. The van der Waals surface area contributed by atoms with Crippen LogP contribution in [-0.2, 0) is 5.41 Å². The van der Waals surface area contributed by atoms with Crippen molar-refractivity contribution in [3.8, 4) is 5.75 Å². The molecule has 1 aromatic heterocycles. The first kappa shape index (κ1) is 13.9. The Morgan fingerprint density at radius 2 is 2.05 bits per heavy atom. The summed E-state index contributed by atoms with van der Waals surface area (Å²) < 4.78 is 0. The van der Waals surface area contributed by atoms with Crippen molar-refractivity contribution in [3.63, 3.8) is 0 Å². The predicted octanol–water partition coefficient (Wildman–Crippen LogP) is 4.30. The third-order valence-electron chi connectivity index (χ3n) is 3.07. The molecular weight excluding hydrogens is 256 g/mol. The topological polar surface area (TPSA) is 36.4 Å². The molecule has 0 aliphatic carbocycles. The minimum absolute atomic E-state index is 0.0810. The highest BCUT2D eigenvalue weighted by Crippen LogP contribution is 2.36. The maximum atomic E-state index is 10.0. The van der Waals surface area contributed by atoms with Gasteiger partial charge in [0.25, 0.3) is 0 Å². The van der Waals surface area contributed by atoms with E-state index in [0.717, 1.165) is 22.9 Å². The molecule has 0 aliphatic heterocycles. The average molecular weight is 276 g/mol. The summed E-state index contributed by atoms with van der Waals surface area (Å²) in [5.74, 6) is 0.353. The second kappa shape index (κ2) is 5.21. The van der Waals surface area contributed by atoms with E-state index in [0.29, 0.717) is 5.75 Å². The number of thiazole rings is 1. The molecular formula is C15H20N2OS. The second-order valence-corrected chi connectivity index (χ2v) is 6.38. The van der Waals surface area contributed by atoms with E-state index in [4.69, 9.17) is 0 Å². The van der Waals surface area contributed by atoms with Gasteiger partial charge in [0.1, 0.15) is 5.75 Å². The first-order valence-electron chi connectivity index (χ1n) is 6.44.